The van der Waals surface area contributed by atoms with Gasteiger partial charge in [0.05, 0.1) is 19.3 Å². The lowest BCUT2D eigenvalue weighted by Gasteiger charge is -2.34. The number of hydrogen-bond acceptors (Lipinski definition) is 3. The first-order valence-electron chi connectivity index (χ1n) is 7.26. The van der Waals surface area contributed by atoms with E-state index in [2.05, 4.69) is 50.2 Å². The molecule has 1 aliphatic heterocycles. The standard InChI is InChI=1S/C17H17BrFN3/c18-15-6-7-17(19)14(12-15)13-20-22-10-8-21(9-11-22)16-4-2-1-3-5-16/h1-7,12-13H,8-11H2/b20-13-. The van der Waals surface area contributed by atoms with Crippen LogP contribution in [0.25, 0.3) is 0 Å². The Hall–Kier alpha value is -1.88. The number of nitrogens with zero attached hydrogens (tertiary/aromatic N) is 3. The fraction of sp³-hybridized carbons (Fsp3) is 0.235. The Morgan fingerprint density at radius 2 is 1.73 bits per heavy atom. The molecule has 3 nitrogen and oxygen atoms in total. The van der Waals surface area contributed by atoms with Gasteiger partial charge in [-0.3, -0.25) is 5.01 Å². The molecule has 3 rings (SSSR count). The quantitative estimate of drug-likeness (QED) is 0.775. The molecule has 0 bridgehead atoms. The summed E-state index contributed by atoms with van der Waals surface area (Å²) in [6.07, 6.45) is 1.60. The van der Waals surface area contributed by atoms with Crippen molar-refractivity contribution < 1.29 is 4.39 Å². The first-order chi connectivity index (χ1) is 10.7. The van der Waals surface area contributed by atoms with Gasteiger partial charge in [-0.05, 0) is 30.3 Å². The van der Waals surface area contributed by atoms with E-state index in [-0.39, 0.29) is 5.82 Å². The summed E-state index contributed by atoms with van der Waals surface area (Å²) in [4.78, 5) is 2.34. The topological polar surface area (TPSA) is 18.8 Å². The van der Waals surface area contributed by atoms with E-state index in [0.717, 1.165) is 30.7 Å². The molecule has 0 amide bonds. The van der Waals surface area contributed by atoms with Crippen LogP contribution < -0.4 is 4.90 Å². The Morgan fingerprint density at radius 3 is 2.45 bits per heavy atom. The third kappa shape index (κ3) is 3.65. The molecule has 0 saturated carbocycles. The lowest BCUT2D eigenvalue weighted by atomic mass is 10.2. The number of anilines is 1. The molecule has 2 aromatic rings. The average molecular weight is 362 g/mol. The molecule has 0 atom stereocenters. The minimum atomic E-state index is -0.255. The van der Waals surface area contributed by atoms with Gasteiger partial charge in [-0.1, -0.05) is 34.1 Å². The van der Waals surface area contributed by atoms with Crippen LogP contribution in [0.3, 0.4) is 0 Å². The Bertz CT molecular complexity index is 652. The van der Waals surface area contributed by atoms with Crippen molar-refractivity contribution in [2.75, 3.05) is 31.1 Å². The summed E-state index contributed by atoms with van der Waals surface area (Å²) in [7, 11) is 0. The number of rotatable bonds is 3. The lowest BCUT2D eigenvalue weighted by Crippen LogP contribution is -2.44. The lowest BCUT2D eigenvalue weighted by molar-refractivity contribution is 0.272. The van der Waals surface area contributed by atoms with Crippen molar-refractivity contribution >= 4 is 27.8 Å². The molecule has 5 heteroatoms. The molecule has 0 aliphatic carbocycles. The smallest absolute Gasteiger partial charge is 0.132 e. The van der Waals surface area contributed by atoms with Gasteiger partial charge >= 0.3 is 0 Å². The van der Waals surface area contributed by atoms with Crippen molar-refractivity contribution in [1.29, 1.82) is 0 Å². The van der Waals surface area contributed by atoms with E-state index < -0.39 is 0 Å². The third-order valence-corrected chi connectivity index (χ3v) is 4.19. The summed E-state index contributed by atoms with van der Waals surface area (Å²) in [5.74, 6) is -0.255. The maximum atomic E-state index is 13.7. The van der Waals surface area contributed by atoms with Gasteiger partial charge in [0, 0.05) is 28.8 Å². The molecule has 114 valence electrons. The van der Waals surface area contributed by atoms with Gasteiger partial charge in [-0.15, -0.1) is 0 Å². The maximum Gasteiger partial charge on any atom is 0.132 e. The van der Waals surface area contributed by atoms with Crippen molar-refractivity contribution in [2.24, 2.45) is 5.10 Å². The molecule has 0 aromatic heterocycles. The fourth-order valence-corrected chi connectivity index (χ4v) is 2.84. The average Bonchev–Trinajstić information content (AvgIpc) is 2.57. The summed E-state index contributed by atoms with van der Waals surface area (Å²) in [5.41, 5.74) is 1.74. The summed E-state index contributed by atoms with van der Waals surface area (Å²) in [6, 6.07) is 15.2. The molecule has 0 spiro atoms. The van der Waals surface area contributed by atoms with Gasteiger partial charge in [0.2, 0.25) is 0 Å². The third-order valence-electron chi connectivity index (χ3n) is 3.70. The molecule has 0 unspecified atom stereocenters. The van der Waals surface area contributed by atoms with Crippen molar-refractivity contribution in [3.63, 3.8) is 0 Å². The Morgan fingerprint density at radius 1 is 1.00 bits per heavy atom. The van der Waals surface area contributed by atoms with E-state index in [4.69, 9.17) is 0 Å². The van der Waals surface area contributed by atoms with Gasteiger partial charge in [0.1, 0.15) is 5.82 Å². The summed E-state index contributed by atoms with van der Waals surface area (Å²) in [5, 5.41) is 6.39. The van der Waals surface area contributed by atoms with Crippen LogP contribution >= 0.6 is 15.9 Å². The highest BCUT2D eigenvalue weighted by atomic mass is 79.9. The maximum absolute atomic E-state index is 13.7. The predicted molar refractivity (Wildman–Crippen MR) is 91.9 cm³/mol. The molecule has 1 aliphatic rings. The van der Waals surface area contributed by atoms with Crippen molar-refractivity contribution in [2.45, 2.75) is 0 Å². The summed E-state index contributed by atoms with van der Waals surface area (Å²) in [6.45, 7) is 3.51. The zero-order chi connectivity index (χ0) is 15.4. The minimum Gasteiger partial charge on any atom is -0.368 e. The first kappa shape index (κ1) is 15.0. The number of halogens is 2. The second kappa shape index (κ2) is 6.92. The van der Waals surface area contributed by atoms with E-state index in [9.17, 15) is 4.39 Å². The summed E-state index contributed by atoms with van der Waals surface area (Å²) < 4.78 is 14.5. The van der Waals surface area contributed by atoms with Crippen LogP contribution in [0.5, 0.6) is 0 Å². The number of piperazine rings is 1. The van der Waals surface area contributed by atoms with Gasteiger partial charge in [-0.25, -0.2) is 4.39 Å². The second-order valence-corrected chi connectivity index (χ2v) is 6.10. The largest absolute Gasteiger partial charge is 0.368 e. The predicted octanol–water partition coefficient (Wildman–Crippen LogP) is 3.74. The van der Waals surface area contributed by atoms with Gasteiger partial charge in [0.25, 0.3) is 0 Å². The second-order valence-electron chi connectivity index (χ2n) is 5.19. The Labute approximate surface area is 138 Å². The first-order valence-corrected chi connectivity index (χ1v) is 8.06. The number of para-hydroxylation sites is 1. The highest BCUT2D eigenvalue weighted by Crippen LogP contribution is 2.16. The van der Waals surface area contributed by atoms with Crippen LogP contribution in [0.4, 0.5) is 10.1 Å². The number of hydrazone groups is 1. The molecule has 1 saturated heterocycles. The Balaban J connectivity index is 1.60. The normalized spacial score (nSPS) is 15.5. The van der Waals surface area contributed by atoms with E-state index in [1.165, 1.54) is 11.8 Å². The number of hydrogen-bond donors (Lipinski definition) is 0. The van der Waals surface area contributed by atoms with Gasteiger partial charge in [0.15, 0.2) is 0 Å². The molecular formula is C17H17BrFN3. The van der Waals surface area contributed by atoms with Crippen LogP contribution in [0.2, 0.25) is 0 Å². The molecule has 0 radical (unpaired) electrons. The molecular weight excluding hydrogens is 345 g/mol. The highest BCUT2D eigenvalue weighted by molar-refractivity contribution is 9.10. The molecule has 22 heavy (non-hydrogen) atoms. The van der Waals surface area contributed by atoms with Crippen LogP contribution in [0.1, 0.15) is 5.56 Å². The monoisotopic (exact) mass is 361 g/mol. The van der Waals surface area contributed by atoms with Crippen molar-refractivity contribution in [1.82, 2.24) is 5.01 Å². The van der Waals surface area contributed by atoms with Gasteiger partial charge < -0.3 is 4.90 Å². The van der Waals surface area contributed by atoms with Crippen molar-refractivity contribution in [3.05, 3.63) is 64.4 Å². The van der Waals surface area contributed by atoms with Crippen LogP contribution in [-0.2, 0) is 0 Å². The molecule has 1 fully saturated rings. The molecule has 0 N–H and O–H groups in total. The van der Waals surface area contributed by atoms with E-state index in [0.29, 0.717) is 5.56 Å². The Kier molecular flexibility index (Phi) is 4.73. The van der Waals surface area contributed by atoms with E-state index >= 15 is 0 Å². The SMILES string of the molecule is Fc1ccc(Br)cc1/C=N\N1CCN(c2ccccc2)CC1. The van der Waals surface area contributed by atoms with Crippen molar-refractivity contribution in [3.8, 4) is 0 Å². The fourth-order valence-electron chi connectivity index (χ4n) is 2.47. The zero-order valence-electron chi connectivity index (χ0n) is 12.1. The zero-order valence-corrected chi connectivity index (χ0v) is 13.7. The van der Waals surface area contributed by atoms with Crippen LogP contribution in [0.15, 0.2) is 58.1 Å². The minimum absolute atomic E-state index is 0.255. The van der Waals surface area contributed by atoms with Crippen LogP contribution in [-0.4, -0.2) is 37.4 Å². The summed E-state index contributed by atoms with van der Waals surface area (Å²) >= 11 is 3.35. The molecule has 1 heterocycles. The van der Waals surface area contributed by atoms with E-state index in [1.54, 1.807) is 18.3 Å². The van der Waals surface area contributed by atoms with Crippen LogP contribution in [0, 0.1) is 5.82 Å². The highest BCUT2D eigenvalue weighted by Gasteiger charge is 2.15. The molecule has 2 aromatic carbocycles. The number of benzene rings is 2. The van der Waals surface area contributed by atoms with Gasteiger partial charge in [-0.2, -0.15) is 5.10 Å². The van der Waals surface area contributed by atoms with E-state index in [1.807, 2.05) is 11.1 Å².